The minimum Gasteiger partial charge on any atom is -0.325 e. The predicted octanol–water partition coefficient (Wildman–Crippen LogP) is 1.89. The van der Waals surface area contributed by atoms with Crippen molar-refractivity contribution in [1.82, 2.24) is 5.32 Å². The van der Waals surface area contributed by atoms with Crippen molar-refractivity contribution in [3.05, 3.63) is 29.8 Å². The molecule has 1 rings (SSSR count). The SMILES string of the molecule is CSCCNCC(=O)Nc1cccc(C)c1. The molecule has 1 amide bonds. The molecule has 0 aliphatic carbocycles. The number of hydrogen-bond acceptors (Lipinski definition) is 3. The number of rotatable bonds is 6. The van der Waals surface area contributed by atoms with E-state index in [9.17, 15) is 4.79 Å². The van der Waals surface area contributed by atoms with Crippen molar-refractivity contribution in [2.45, 2.75) is 6.92 Å². The molecule has 88 valence electrons. The van der Waals surface area contributed by atoms with E-state index in [0.717, 1.165) is 23.5 Å². The molecule has 0 fully saturated rings. The van der Waals surface area contributed by atoms with Crippen molar-refractivity contribution in [2.24, 2.45) is 0 Å². The standard InChI is InChI=1S/C12H18N2OS/c1-10-4-3-5-11(8-10)14-12(15)9-13-6-7-16-2/h3-5,8,13H,6-7,9H2,1-2H3,(H,14,15). The van der Waals surface area contributed by atoms with Gasteiger partial charge in [-0.05, 0) is 30.9 Å². The number of aryl methyl sites for hydroxylation is 1. The summed E-state index contributed by atoms with van der Waals surface area (Å²) >= 11 is 1.77. The number of amides is 1. The average Bonchev–Trinajstić information content (AvgIpc) is 2.24. The molecule has 0 aliphatic heterocycles. The minimum absolute atomic E-state index is 0.00621. The third-order valence-electron chi connectivity index (χ3n) is 2.07. The lowest BCUT2D eigenvalue weighted by molar-refractivity contribution is -0.115. The van der Waals surface area contributed by atoms with E-state index in [4.69, 9.17) is 0 Å². The van der Waals surface area contributed by atoms with Gasteiger partial charge < -0.3 is 10.6 Å². The van der Waals surface area contributed by atoms with Crippen molar-refractivity contribution in [1.29, 1.82) is 0 Å². The van der Waals surface area contributed by atoms with Crippen LogP contribution in [0.5, 0.6) is 0 Å². The first-order chi connectivity index (χ1) is 7.72. The third-order valence-corrected chi connectivity index (χ3v) is 2.68. The molecule has 3 nitrogen and oxygen atoms in total. The number of carbonyl (C=O) groups excluding carboxylic acids is 1. The quantitative estimate of drug-likeness (QED) is 0.744. The van der Waals surface area contributed by atoms with Crippen molar-refractivity contribution in [2.75, 3.05) is 30.4 Å². The Labute approximate surface area is 101 Å². The van der Waals surface area contributed by atoms with E-state index in [1.54, 1.807) is 11.8 Å². The average molecular weight is 238 g/mol. The Morgan fingerprint density at radius 3 is 2.94 bits per heavy atom. The van der Waals surface area contributed by atoms with Crippen LogP contribution in [0.3, 0.4) is 0 Å². The number of hydrogen-bond donors (Lipinski definition) is 2. The zero-order valence-corrected chi connectivity index (χ0v) is 10.6. The van der Waals surface area contributed by atoms with Crippen LogP contribution in [-0.4, -0.2) is 31.0 Å². The molecule has 0 heterocycles. The van der Waals surface area contributed by atoms with Gasteiger partial charge in [-0.2, -0.15) is 11.8 Å². The summed E-state index contributed by atoms with van der Waals surface area (Å²) in [4.78, 5) is 11.5. The smallest absolute Gasteiger partial charge is 0.238 e. The summed E-state index contributed by atoms with van der Waals surface area (Å²) in [5.41, 5.74) is 2.00. The summed E-state index contributed by atoms with van der Waals surface area (Å²) < 4.78 is 0. The summed E-state index contributed by atoms with van der Waals surface area (Å²) in [6.07, 6.45) is 2.05. The topological polar surface area (TPSA) is 41.1 Å². The van der Waals surface area contributed by atoms with Crippen LogP contribution in [0.15, 0.2) is 24.3 Å². The molecule has 0 bridgehead atoms. The Morgan fingerprint density at radius 1 is 1.44 bits per heavy atom. The maximum atomic E-state index is 11.5. The van der Waals surface area contributed by atoms with E-state index in [0.29, 0.717) is 6.54 Å². The zero-order valence-electron chi connectivity index (χ0n) is 9.75. The molecule has 0 unspecified atom stereocenters. The molecule has 16 heavy (non-hydrogen) atoms. The van der Waals surface area contributed by atoms with Gasteiger partial charge in [-0.15, -0.1) is 0 Å². The van der Waals surface area contributed by atoms with Crippen LogP contribution in [0.25, 0.3) is 0 Å². The third kappa shape index (κ3) is 5.19. The molecule has 0 radical (unpaired) electrons. The monoisotopic (exact) mass is 238 g/mol. The fraction of sp³-hybridized carbons (Fsp3) is 0.417. The summed E-state index contributed by atoms with van der Waals surface area (Å²) in [5, 5.41) is 5.94. The summed E-state index contributed by atoms with van der Waals surface area (Å²) in [6, 6.07) is 7.80. The van der Waals surface area contributed by atoms with Crippen LogP contribution in [0.4, 0.5) is 5.69 Å². The van der Waals surface area contributed by atoms with Crippen LogP contribution >= 0.6 is 11.8 Å². The molecular formula is C12H18N2OS. The minimum atomic E-state index is 0.00621. The molecule has 2 N–H and O–H groups in total. The maximum absolute atomic E-state index is 11.5. The number of thioether (sulfide) groups is 1. The van der Waals surface area contributed by atoms with E-state index in [2.05, 4.69) is 16.9 Å². The van der Waals surface area contributed by atoms with Gasteiger partial charge in [0.05, 0.1) is 6.54 Å². The van der Waals surface area contributed by atoms with Gasteiger partial charge in [0.25, 0.3) is 0 Å². The maximum Gasteiger partial charge on any atom is 0.238 e. The molecule has 0 saturated heterocycles. The molecule has 4 heteroatoms. The van der Waals surface area contributed by atoms with Crippen molar-refractivity contribution in [3.63, 3.8) is 0 Å². The second-order valence-electron chi connectivity index (χ2n) is 3.59. The largest absolute Gasteiger partial charge is 0.325 e. The highest BCUT2D eigenvalue weighted by Gasteiger charge is 2.00. The van der Waals surface area contributed by atoms with Crippen molar-refractivity contribution >= 4 is 23.4 Å². The first-order valence-electron chi connectivity index (χ1n) is 5.28. The van der Waals surface area contributed by atoms with Crippen LogP contribution in [0.2, 0.25) is 0 Å². The molecule has 0 spiro atoms. The van der Waals surface area contributed by atoms with E-state index < -0.39 is 0 Å². The van der Waals surface area contributed by atoms with Gasteiger partial charge in [-0.25, -0.2) is 0 Å². The summed E-state index contributed by atoms with van der Waals surface area (Å²) in [5.74, 6) is 1.03. The number of carbonyl (C=O) groups is 1. The second-order valence-corrected chi connectivity index (χ2v) is 4.57. The highest BCUT2D eigenvalue weighted by molar-refractivity contribution is 7.98. The Kier molecular flexibility index (Phi) is 5.96. The number of nitrogens with one attached hydrogen (secondary N) is 2. The zero-order chi connectivity index (χ0) is 11.8. The Balaban J connectivity index is 2.29. The van der Waals surface area contributed by atoms with Gasteiger partial charge in [-0.3, -0.25) is 4.79 Å². The molecule has 0 saturated carbocycles. The predicted molar refractivity (Wildman–Crippen MR) is 71.1 cm³/mol. The number of anilines is 1. The van der Waals surface area contributed by atoms with Crippen molar-refractivity contribution < 1.29 is 4.79 Å². The highest BCUT2D eigenvalue weighted by Crippen LogP contribution is 2.08. The highest BCUT2D eigenvalue weighted by atomic mass is 32.2. The van der Waals surface area contributed by atoms with Crippen molar-refractivity contribution in [3.8, 4) is 0 Å². The molecule has 0 aliphatic rings. The fourth-order valence-corrected chi connectivity index (χ4v) is 1.65. The van der Waals surface area contributed by atoms with E-state index >= 15 is 0 Å². The van der Waals surface area contributed by atoms with Gasteiger partial charge in [0.15, 0.2) is 0 Å². The second kappa shape index (κ2) is 7.30. The Hall–Kier alpha value is -1.00. The fourth-order valence-electron chi connectivity index (χ4n) is 1.30. The van der Waals surface area contributed by atoms with Gasteiger partial charge in [0.2, 0.25) is 5.91 Å². The first-order valence-corrected chi connectivity index (χ1v) is 6.68. The molecule has 0 aromatic heterocycles. The Bertz CT molecular complexity index is 342. The van der Waals surface area contributed by atoms with Gasteiger partial charge in [-0.1, -0.05) is 12.1 Å². The summed E-state index contributed by atoms with van der Waals surface area (Å²) in [6.45, 7) is 3.24. The lowest BCUT2D eigenvalue weighted by atomic mass is 10.2. The normalized spacial score (nSPS) is 10.1. The molecule has 1 aromatic rings. The first kappa shape index (κ1) is 13.1. The van der Waals surface area contributed by atoms with E-state index in [-0.39, 0.29) is 5.91 Å². The van der Waals surface area contributed by atoms with Gasteiger partial charge in [0, 0.05) is 18.0 Å². The lowest BCUT2D eigenvalue weighted by Crippen LogP contribution is -2.29. The van der Waals surface area contributed by atoms with Crippen LogP contribution in [0.1, 0.15) is 5.56 Å². The summed E-state index contributed by atoms with van der Waals surface area (Å²) in [7, 11) is 0. The number of benzene rings is 1. The van der Waals surface area contributed by atoms with Gasteiger partial charge >= 0.3 is 0 Å². The lowest BCUT2D eigenvalue weighted by Gasteiger charge is -2.06. The van der Waals surface area contributed by atoms with Gasteiger partial charge in [0.1, 0.15) is 0 Å². The van der Waals surface area contributed by atoms with E-state index in [1.807, 2.05) is 31.2 Å². The molecular weight excluding hydrogens is 220 g/mol. The van der Waals surface area contributed by atoms with E-state index in [1.165, 1.54) is 0 Å². The van der Waals surface area contributed by atoms with Crippen LogP contribution in [-0.2, 0) is 4.79 Å². The Morgan fingerprint density at radius 2 is 2.25 bits per heavy atom. The van der Waals surface area contributed by atoms with Crippen LogP contribution in [0, 0.1) is 6.92 Å². The molecule has 0 atom stereocenters. The molecule has 1 aromatic carbocycles. The van der Waals surface area contributed by atoms with Crippen LogP contribution < -0.4 is 10.6 Å².